The van der Waals surface area contributed by atoms with E-state index in [1.165, 1.54) is 11.3 Å². The zero-order valence-corrected chi connectivity index (χ0v) is 15.4. The summed E-state index contributed by atoms with van der Waals surface area (Å²) < 4.78 is 6.11. The van der Waals surface area contributed by atoms with Crippen molar-refractivity contribution >= 4 is 5.82 Å². The molecule has 0 aliphatic carbocycles. The van der Waals surface area contributed by atoms with E-state index in [0.29, 0.717) is 0 Å². The van der Waals surface area contributed by atoms with E-state index in [4.69, 9.17) is 14.7 Å². The van der Waals surface area contributed by atoms with Gasteiger partial charge in [0.05, 0.1) is 5.69 Å². The van der Waals surface area contributed by atoms with Gasteiger partial charge in [0.15, 0.2) is 0 Å². The molecule has 6 nitrogen and oxygen atoms in total. The Morgan fingerprint density at radius 2 is 1.88 bits per heavy atom. The standard InChI is InChI=1S/C20H27N5O/c1-2-19-23-18-6-12-22-11-5-17(18)20(24-19)25-13-7-16(8-14-25)26-15-3-9-21-10-4-15/h3-4,9-10,16,22H,2,5-8,11-14H2,1H3. The average molecular weight is 353 g/mol. The first kappa shape index (κ1) is 17.2. The molecule has 0 unspecified atom stereocenters. The van der Waals surface area contributed by atoms with Gasteiger partial charge in [-0.1, -0.05) is 6.92 Å². The third kappa shape index (κ3) is 3.80. The lowest BCUT2D eigenvalue weighted by Crippen LogP contribution is -2.39. The molecule has 1 saturated heterocycles. The van der Waals surface area contributed by atoms with Crippen LogP contribution in [0.1, 0.15) is 36.8 Å². The summed E-state index contributed by atoms with van der Waals surface area (Å²) in [7, 11) is 0. The predicted molar refractivity (Wildman–Crippen MR) is 102 cm³/mol. The first-order chi connectivity index (χ1) is 12.8. The van der Waals surface area contributed by atoms with Gasteiger partial charge in [0.25, 0.3) is 0 Å². The number of fused-ring (bicyclic) bond motifs is 1. The third-order valence-electron chi connectivity index (χ3n) is 5.22. The van der Waals surface area contributed by atoms with Gasteiger partial charge >= 0.3 is 0 Å². The van der Waals surface area contributed by atoms with Crippen LogP contribution < -0.4 is 15.0 Å². The lowest BCUT2D eigenvalue weighted by atomic mass is 10.0. The summed E-state index contributed by atoms with van der Waals surface area (Å²) in [5, 5.41) is 3.48. The van der Waals surface area contributed by atoms with Gasteiger partial charge in [-0.25, -0.2) is 9.97 Å². The number of nitrogens with one attached hydrogen (secondary N) is 1. The number of rotatable bonds is 4. The Morgan fingerprint density at radius 1 is 1.12 bits per heavy atom. The minimum Gasteiger partial charge on any atom is -0.490 e. The summed E-state index contributed by atoms with van der Waals surface area (Å²) in [6.45, 7) is 6.12. The first-order valence-electron chi connectivity index (χ1n) is 9.74. The van der Waals surface area contributed by atoms with Crippen LogP contribution in [0.4, 0.5) is 5.82 Å². The molecular weight excluding hydrogens is 326 g/mol. The molecule has 1 N–H and O–H groups in total. The van der Waals surface area contributed by atoms with Crippen molar-refractivity contribution in [1.82, 2.24) is 20.3 Å². The SMILES string of the molecule is CCc1nc2c(c(N3CCC(Oc4ccncc4)CC3)n1)CCNCC2. The maximum absolute atomic E-state index is 6.11. The highest BCUT2D eigenvalue weighted by Gasteiger charge is 2.25. The minimum absolute atomic E-state index is 0.265. The number of piperidine rings is 1. The predicted octanol–water partition coefficient (Wildman–Crippen LogP) is 2.17. The molecule has 138 valence electrons. The van der Waals surface area contributed by atoms with Gasteiger partial charge < -0.3 is 15.0 Å². The summed E-state index contributed by atoms with van der Waals surface area (Å²) in [6, 6.07) is 3.86. The number of anilines is 1. The molecule has 6 heteroatoms. The number of nitrogens with zero attached hydrogens (tertiary/aromatic N) is 4. The van der Waals surface area contributed by atoms with Crippen molar-refractivity contribution in [1.29, 1.82) is 0 Å². The van der Waals surface area contributed by atoms with Crippen LogP contribution in [0.2, 0.25) is 0 Å². The van der Waals surface area contributed by atoms with E-state index in [2.05, 4.69) is 22.1 Å². The van der Waals surface area contributed by atoms with Crippen LogP contribution in [-0.4, -0.2) is 47.2 Å². The number of aryl methyl sites for hydroxylation is 1. The van der Waals surface area contributed by atoms with Gasteiger partial charge in [0.1, 0.15) is 23.5 Å². The Bertz CT molecular complexity index is 728. The number of pyridine rings is 1. The molecule has 0 atom stereocenters. The number of ether oxygens (including phenoxy) is 1. The maximum Gasteiger partial charge on any atom is 0.135 e. The van der Waals surface area contributed by atoms with E-state index in [1.54, 1.807) is 12.4 Å². The second kappa shape index (κ2) is 7.99. The molecular formula is C20H27N5O. The summed E-state index contributed by atoms with van der Waals surface area (Å²) >= 11 is 0. The smallest absolute Gasteiger partial charge is 0.135 e. The van der Waals surface area contributed by atoms with Crippen LogP contribution in [0.3, 0.4) is 0 Å². The zero-order valence-electron chi connectivity index (χ0n) is 15.4. The average Bonchev–Trinajstić information content (AvgIpc) is 2.94. The molecule has 4 heterocycles. The topological polar surface area (TPSA) is 63.2 Å². The van der Waals surface area contributed by atoms with Crippen LogP contribution in [0.5, 0.6) is 5.75 Å². The van der Waals surface area contributed by atoms with Crippen molar-refractivity contribution in [2.24, 2.45) is 0 Å². The van der Waals surface area contributed by atoms with E-state index in [1.807, 2.05) is 12.1 Å². The summed E-state index contributed by atoms with van der Waals surface area (Å²) in [5.41, 5.74) is 2.59. The Kier molecular flexibility index (Phi) is 5.29. The first-order valence-corrected chi connectivity index (χ1v) is 9.74. The molecule has 2 aromatic rings. The second-order valence-electron chi connectivity index (χ2n) is 6.98. The van der Waals surface area contributed by atoms with Crippen molar-refractivity contribution in [3.05, 3.63) is 41.6 Å². The molecule has 2 aliphatic heterocycles. The number of hydrogen-bond acceptors (Lipinski definition) is 6. The molecule has 0 aromatic carbocycles. The minimum atomic E-state index is 0.265. The van der Waals surface area contributed by atoms with E-state index in [9.17, 15) is 0 Å². The molecule has 0 bridgehead atoms. The Morgan fingerprint density at radius 3 is 2.65 bits per heavy atom. The number of hydrogen-bond donors (Lipinski definition) is 1. The molecule has 0 spiro atoms. The van der Waals surface area contributed by atoms with Crippen LogP contribution >= 0.6 is 0 Å². The van der Waals surface area contributed by atoms with E-state index >= 15 is 0 Å². The maximum atomic E-state index is 6.11. The van der Waals surface area contributed by atoms with Gasteiger partial charge in [-0.05, 0) is 25.1 Å². The third-order valence-corrected chi connectivity index (χ3v) is 5.22. The molecule has 0 saturated carbocycles. The second-order valence-corrected chi connectivity index (χ2v) is 6.98. The fourth-order valence-corrected chi connectivity index (χ4v) is 3.79. The van der Waals surface area contributed by atoms with Crippen molar-refractivity contribution in [2.75, 3.05) is 31.1 Å². The largest absolute Gasteiger partial charge is 0.490 e. The summed E-state index contributed by atoms with van der Waals surface area (Å²) in [4.78, 5) is 16.2. The Balaban J connectivity index is 1.48. The van der Waals surface area contributed by atoms with E-state index in [0.717, 1.165) is 75.7 Å². The summed E-state index contributed by atoms with van der Waals surface area (Å²) in [5.74, 6) is 3.04. The highest BCUT2D eigenvalue weighted by Crippen LogP contribution is 2.27. The molecule has 2 aliphatic rings. The molecule has 26 heavy (non-hydrogen) atoms. The van der Waals surface area contributed by atoms with Gasteiger partial charge in [0.2, 0.25) is 0 Å². The van der Waals surface area contributed by atoms with Gasteiger partial charge in [0, 0.05) is 63.3 Å². The van der Waals surface area contributed by atoms with Gasteiger partial charge in [-0.3, -0.25) is 4.98 Å². The monoisotopic (exact) mass is 353 g/mol. The molecule has 0 amide bonds. The van der Waals surface area contributed by atoms with Crippen molar-refractivity contribution in [3.8, 4) is 5.75 Å². The van der Waals surface area contributed by atoms with Crippen LogP contribution in [-0.2, 0) is 19.3 Å². The zero-order chi connectivity index (χ0) is 17.8. The molecule has 1 fully saturated rings. The Hall–Kier alpha value is -2.21. The fraction of sp³-hybridized carbons (Fsp3) is 0.550. The van der Waals surface area contributed by atoms with Crippen LogP contribution in [0, 0.1) is 0 Å². The fourth-order valence-electron chi connectivity index (χ4n) is 3.79. The normalized spacial score (nSPS) is 18.3. The molecule has 2 aromatic heterocycles. The quantitative estimate of drug-likeness (QED) is 0.909. The highest BCUT2D eigenvalue weighted by atomic mass is 16.5. The van der Waals surface area contributed by atoms with Crippen molar-refractivity contribution in [2.45, 2.75) is 45.1 Å². The van der Waals surface area contributed by atoms with Crippen LogP contribution in [0.15, 0.2) is 24.5 Å². The van der Waals surface area contributed by atoms with Crippen LogP contribution in [0.25, 0.3) is 0 Å². The van der Waals surface area contributed by atoms with Crippen molar-refractivity contribution < 1.29 is 4.74 Å². The summed E-state index contributed by atoms with van der Waals surface area (Å²) in [6.07, 6.45) is 8.75. The molecule has 0 radical (unpaired) electrons. The Labute approximate surface area is 155 Å². The van der Waals surface area contributed by atoms with Gasteiger partial charge in [-0.2, -0.15) is 0 Å². The van der Waals surface area contributed by atoms with E-state index in [-0.39, 0.29) is 6.10 Å². The highest BCUT2D eigenvalue weighted by molar-refractivity contribution is 5.50. The van der Waals surface area contributed by atoms with Gasteiger partial charge in [-0.15, -0.1) is 0 Å². The number of aromatic nitrogens is 3. The lowest BCUT2D eigenvalue weighted by molar-refractivity contribution is 0.170. The molecule has 4 rings (SSSR count). The van der Waals surface area contributed by atoms with Crippen molar-refractivity contribution in [3.63, 3.8) is 0 Å². The van der Waals surface area contributed by atoms with E-state index < -0.39 is 0 Å². The lowest BCUT2D eigenvalue weighted by Gasteiger charge is -2.34.